The zero-order valence-electron chi connectivity index (χ0n) is 11.2. The minimum absolute atomic E-state index is 0.298. The summed E-state index contributed by atoms with van der Waals surface area (Å²) >= 11 is 5.42. The van der Waals surface area contributed by atoms with E-state index in [4.69, 9.17) is 21.7 Å². The van der Waals surface area contributed by atoms with Gasteiger partial charge in [-0.3, -0.25) is 0 Å². The van der Waals surface area contributed by atoms with E-state index >= 15 is 0 Å². The lowest BCUT2D eigenvalue weighted by Gasteiger charge is -2.24. The van der Waals surface area contributed by atoms with Gasteiger partial charge in [0, 0.05) is 17.8 Å². The molecule has 3 atom stereocenters. The van der Waals surface area contributed by atoms with Gasteiger partial charge in [0.05, 0.1) is 0 Å². The molecule has 5 heteroatoms. The minimum atomic E-state index is 0.298. The zero-order valence-corrected chi connectivity index (χ0v) is 12.0. The number of fused-ring (bicyclic) bond motifs is 3. The Labute approximate surface area is 123 Å². The third-order valence-electron chi connectivity index (χ3n) is 4.69. The molecule has 2 bridgehead atoms. The fraction of sp³-hybridized carbons (Fsp3) is 0.533. The van der Waals surface area contributed by atoms with Crippen molar-refractivity contribution in [1.82, 2.24) is 5.32 Å². The van der Waals surface area contributed by atoms with Gasteiger partial charge in [0.2, 0.25) is 6.79 Å². The molecule has 20 heavy (non-hydrogen) atoms. The molecule has 0 radical (unpaired) electrons. The molecular weight excluding hydrogens is 272 g/mol. The monoisotopic (exact) mass is 290 g/mol. The van der Waals surface area contributed by atoms with E-state index in [1.165, 1.54) is 25.7 Å². The van der Waals surface area contributed by atoms with Crippen molar-refractivity contribution < 1.29 is 9.47 Å². The molecule has 0 saturated heterocycles. The predicted molar refractivity (Wildman–Crippen MR) is 81.2 cm³/mol. The van der Waals surface area contributed by atoms with Gasteiger partial charge < -0.3 is 20.1 Å². The van der Waals surface area contributed by atoms with Crippen LogP contribution in [0.15, 0.2) is 18.2 Å². The number of anilines is 1. The largest absolute Gasteiger partial charge is 0.454 e. The molecule has 1 aromatic carbocycles. The molecule has 3 aliphatic rings. The number of hydrogen-bond acceptors (Lipinski definition) is 3. The van der Waals surface area contributed by atoms with Crippen molar-refractivity contribution in [2.75, 3.05) is 12.1 Å². The lowest BCUT2D eigenvalue weighted by molar-refractivity contribution is 0.174. The first kappa shape index (κ1) is 12.3. The summed E-state index contributed by atoms with van der Waals surface area (Å²) < 4.78 is 10.7. The first-order chi connectivity index (χ1) is 9.78. The predicted octanol–water partition coefficient (Wildman–Crippen LogP) is 2.89. The fourth-order valence-corrected chi connectivity index (χ4v) is 4.00. The van der Waals surface area contributed by atoms with Crippen LogP contribution in [0.5, 0.6) is 11.5 Å². The van der Waals surface area contributed by atoms with Crippen LogP contribution in [0.3, 0.4) is 0 Å². The number of hydrogen-bond donors (Lipinski definition) is 2. The second-order valence-electron chi connectivity index (χ2n) is 5.95. The lowest BCUT2D eigenvalue weighted by Crippen LogP contribution is -2.40. The summed E-state index contributed by atoms with van der Waals surface area (Å²) in [6, 6.07) is 6.35. The van der Waals surface area contributed by atoms with Crippen LogP contribution in [-0.2, 0) is 0 Å². The van der Waals surface area contributed by atoms with Gasteiger partial charge >= 0.3 is 0 Å². The van der Waals surface area contributed by atoms with E-state index in [1.807, 2.05) is 18.2 Å². The van der Waals surface area contributed by atoms with Crippen molar-refractivity contribution in [2.24, 2.45) is 11.8 Å². The standard InChI is InChI=1S/C15H18N2O2S/c20-15(17-12-6-9-1-2-10(12)5-9)16-11-3-4-13-14(7-11)19-8-18-13/h3-4,7,9-10,12H,1-2,5-6,8H2,(H2,16,17,20)/t9-,10+,12-/m0/s1. The molecule has 0 spiro atoms. The highest BCUT2D eigenvalue weighted by Gasteiger charge is 2.39. The Kier molecular flexibility index (Phi) is 2.95. The van der Waals surface area contributed by atoms with Crippen molar-refractivity contribution in [2.45, 2.75) is 31.7 Å². The third kappa shape index (κ3) is 2.20. The Morgan fingerprint density at radius 3 is 2.85 bits per heavy atom. The summed E-state index contributed by atoms with van der Waals surface area (Å²) in [6.45, 7) is 0.298. The van der Waals surface area contributed by atoms with Crippen LogP contribution in [0, 0.1) is 11.8 Å². The molecule has 2 aliphatic carbocycles. The highest BCUT2D eigenvalue weighted by atomic mass is 32.1. The molecule has 4 rings (SSSR count). The van der Waals surface area contributed by atoms with Crippen LogP contribution in [0.25, 0.3) is 0 Å². The van der Waals surface area contributed by atoms with Crippen molar-refractivity contribution in [1.29, 1.82) is 0 Å². The maximum Gasteiger partial charge on any atom is 0.231 e. The van der Waals surface area contributed by atoms with Crippen LogP contribution < -0.4 is 20.1 Å². The number of nitrogens with one attached hydrogen (secondary N) is 2. The average Bonchev–Trinajstić information content (AvgIpc) is 3.13. The molecular formula is C15H18N2O2S. The molecule has 1 heterocycles. The molecule has 0 unspecified atom stereocenters. The molecule has 106 valence electrons. The van der Waals surface area contributed by atoms with Crippen LogP contribution >= 0.6 is 12.2 Å². The summed E-state index contributed by atoms with van der Waals surface area (Å²) in [4.78, 5) is 0. The molecule has 1 aliphatic heterocycles. The maximum atomic E-state index is 5.42. The van der Waals surface area contributed by atoms with Crippen molar-refractivity contribution in [3.05, 3.63) is 18.2 Å². The fourth-order valence-electron chi connectivity index (χ4n) is 3.73. The quantitative estimate of drug-likeness (QED) is 0.820. The summed E-state index contributed by atoms with van der Waals surface area (Å²) in [5.74, 6) is 3.31. The molecule has 1 aromatic rings. The van der Waals surface area contributed by atoms with Crippen LogP contribution in [0.4, 0.5) is 5.69 Å². The second-order valence-corrected chi connectivity index (χ2v) is 6.36. The Bertz CT molecular complexity index is 549. The number of rotatable bonds is 2. The maximum absolute atomic E-state index is 5.42. The summed E-state index contributed by atoms with van der Waals surface area (Å²) in [5, 5.41) is 7.43. The first-order valence-electron chi connectivity index (χ1n) is 7.25. The Morgan fingerprint density at radius 1 is 1.15 bits per heavy atom. The molecule has 2 fully saturated rings. The van der Waals surface area contributed by atoms with Crippen LogP contribution in [0.2, 0.25) is 0 Å². The van der Waals surface area contributed by atoms with Gasteiger partial charge in [0.15, 0.2) is 16.6 Å². The molecule has 0 aromatic heterocycles. The summed E-state index contributed by atoms with van der Waals surface area (Å²) in [6.07, 6.45) is 5.41. The smallest absolute Gasteiger partial charge is 0.231 e. The van der Waals surface area contributed by atoms with Gasteiger partial charge in [0.1, 0.15) is 0 Å². The van der Waals surface area contributed by atoms with Gasteiger partial charge in [-0.05, 0) is 55.4 Å². The van der Waals surface area contributed by atoms with E-state index in [-0.39, 0.29) is 0 Å². The first-order valence-corrected chi connectivity index (χ1v) is 7.66. The highest BCUT2D eigenvalue weighted by Crippen LogP contribution is 2.44. The third-order valence-corrected chi connectivity index (χ3v) is 4.90. The Balaban J connectivity index is 1.38. The highest BCUT2D eigenvalue weighted by molar-refractivity contribution is 7.80. The van der Waals surface area contributed by atoms with E-state index in [0.29, 0.717) is 17.9 Å². The summed E-state index contributed by atoms with van der Waals surface area (Å²) in [7, 11) is 0. The van der Waals surface area contributed by atoms with Crippen LogP contribution in [-0.4, -0.2) is 17.9 Å². The average molecular weight is 290 g/mol. The Hall–Kier alpha value is -1.49. The lowest BCUT2D eigenvalue weighted by atomic mass is 9.96. The zero-order chi connectivity index (χ0) is 13.5. The van der Waals surface area contributed by atoms with E-state index in [1.54, 1.807) is 0 Å². The van der Waals surface area contributed by atoms with Gasteiger partial charge in [-0.1, -0.05) is 6.42 Å². The van der Waals surface area contributed by atoms with Crippen molar-refractivity contribution in [3.8, 4) is 11.5 Å². The second kappa shape index (κ2) is 4.81. The van der Waals surface area contributed by atoms with E-state index in [0.717, 1.165) is 29.0 Å². The molecule has 2 N–H and O–H groups in total. The van der Waals surface area contributed by atoms with Gasteiger partial charge in [0.25, 0.3) is 0 Å². The SMILES string of the molecule is S=C(Nc1ccc2c(c1)OCO2)N[C@H]1C[C@H]2CC[C@@H]1C2. The normalized spacial score (nSPS) is 29.5. The minimum Gasteiger partial charge on any atom is -0.454 e. The number of thiocarbonyl (C=S) groups is 1. The van der Waals surface area contributed by atoms with E-state index in [2.05, 4.69) is 10.6 Å². The van der Waals surface area contributed by atoms with E-state index in [9.17, 15) is 0 Å². The Morgan fingerprint density at radius 2 is 2.05 bits per heavy atom. The van der Waals surface area contributed by atoms with Gasteiger partial charge in [-0.25, -0.2) is 0 Å². The topological polar surface area (TPSA) is 42.5 Å². The van der Waals surface area contributed by atoms with Crippen molar-refractivity contribution >= 4 is 23.0 Å². The van der Waals surface area contributed by atoms with Crippen LogP contribution in [0.1, 0.15) is 25.7 Å². The molecule has 2 saturated carbocycles. The number of benzene rings is 1. The van der Waals surface area contributed by atoms with E-state index < -0.39 is 0 Å². The number of ether oxygens (including phenoxy) is 2. The molecule has 4 nitrogen and oxygen atoms in total. The van der Waals surface area contributed by atoms with Crippen molar-refractivity contribution in [3.63, 3.8) is 0 Å². The summed E-state index contributed by atoms with van der Waals surface area (Å²) in [5.41, 5.74) is 0.940. The van der Waals surface area contributed by atoms with Gasteiger partial charge in [-0.15, -0.1) is 0 Å². The van der Waals surface area contributed by atoms with Gasteiger partial charge in [-0.2, -0.15) is 0 Å². The molecule has 0 amide bonds.